The van der Waals surface area contributed by atoms with Gasteiger partial charge in [-0.1, -0.05) is 5.16 Å². The lowest BCUT2D eigenvalue weighted by Gasteiger charge is -2.35. The van der Waals surface area contributed by atoms with Crippen LogP contribution < -0.4 is 0 Å². The summed E-state index contributed by atoms with van der Waals surface area (Å²) in [5.41, 5.74) is 3.72. The standard InChI is InChI=1S/C17H22N4O2/c1-11-10-18-19-15(11)13-7-4-5-9-21(13)17(22)16-12-6-2-3-8-14(12)23-20-16/h10,13H,2-9H2,1H3,(H,18,19). The number of hydrogen-bond donors (Lipinski definition) is 1. The van der Waals surface area contributed by atoms with Crippen molar-refractivity contribution in [3.63, 3.8) is 0 Å². The Kier molecular flexibility index (Phi) is 3.67. The first-order valence-electron chi connectivity index (χ1n) is 8.54. The molecular weight excluding hydrogens is 292 g/mol. The molecule has 1 aliphatic carbocycles. The van der Waals surface area contributed by atoms with Crippen molar-refractivity contribution in [2.24, 2.45) is 0 Å². The van der Waals surface area contributed by atoms with Gasteiger partial charge in [-0.15, -0.1) is 0 Å². The number of aromatic amines is 1. The van der Waals surface area contributed by atoms with Crippen LogP contribution in [-0.4, -0.2) is 32.7 Å². The van der Waals surface area contributed by atoms with Crippen molar-refractivity contribution >= 4 is 5.91 Å². The quantitative estimate of drug-likeness (QED) is 0.924. The maximum Gasteiger partial charge on any atom is 0.276 e. The van der Waals surface area contributed by atoms with Crippen LogP contribution in [0.2, 0.25) is 0 Å². The topological polar surface area (TPSA) is 75.0 Å². The van der Waals surface area contributed by atoms with Crippen LogP contribution in [0.4, 0.5) is 0 Å². The van der Waals surface area contributed by atoms with Crippen LogP contribution in [0.3, 0.4) is 0 Å². The fourth-order valence-corrected chi connectivity index (χ4v) is 3.86. The number of carbonyl (C=O) groups excluding carboxylic acids is 1. The molecule has 1 atom stereocenters. The van der Waals surface area contributed by atoms with Gasteiger partial charge in [0.05, 0.1) is 17.9 Å². The van der Waals surface area contributed by atoms with Crippen molar-refractivity contribution in [3.05, 3.63) is 34.5 Å². The Balaban J connectivity index is 1.66. The monoisotopic (exact) mass is 314 g/mol. The maximum absolute atomic E-state index is 13.1. The Morgan fingerprint density at radius 1 is 1.30 bits per heavy atom. The van der Waals surface area contributed by atoms with Crippen LogP contribution in [-0.2, 0) is 12.8 Å². The molecule has 1 aliphatic heterocycles. The van der Waals surface area contributed by atoms with Gasteiger partial charge in [0.25, 0.3) is 5.91 Å². The molecule has 1 N–H and O–H groups in total. The molecule has 122 valence electrons. The predicted octanol–water partition coefficient (Wildman–Crippen LogP) is 2.95. The number of nitrogens with one attached hydrogen (secondary N) is 1. The van der Waals surface area contributed by atoms with Gasteiger partial charge in [0, 0.05) is 18.5 Å². The van der Waals surface area contributed by atoms with Crippen LogP contribution in [0.5, 0.6) is 0 Å². The average Bonchev–Trinajstić information content (AvgIpc) is 3.20. The summed E-state index contributed by atoms with van der Waals surface area (Å²) >= 11 is 0. The Morgan fingerprint density at radius 3 is 3.00 bits per heavy atom. The van der Waals surface area contributed by atoms with Gasteiger partial charge in [0.2, 0.25) is 0 Å². The van der Waals surface area contributed by atoms with Crippen molar-refractivity contribution in [3.8, 4) is 0 Å². The normalized spacial score (nSPS) is 21.3. The summed E-state index contributed by atoms with van der Waals surface area (Å²) in [5, 5.41) is 11.3. The van der Waals surface area contributed by atoms with Gasteiger partial charge in [-0.2, -0.15) is 5.10 Å². The van der Waals surface area contributed by atoms with E-state index in [1.165, 1.54) is 0 Å². The van der Waals surface area contributed by atoms with Gasteiger partial charge < -0.3 is 9.42 Å². The highest BCUT2D eigenvalue weighted by Gasteiger charge is 2.34. The van der Waals surface area contributed by atoms with E-state index in [-0.39, 0.29) is 11.9 Å². The Morgan fingerprint density at radius 2 is 2.17 bits per heavy atom. The third-order valence-electron chi connectivity index (χ3n) is 5.12. The number of amides is 1. The molecular formula is C17H22N4O2. The summed E-state index contributed by atoms with van der Waals surface area (Å²) in [6.07, 6.45) is 8.99. The molecule has 0 spiro atoms. The molecule has 3 heterocycles. The largest absolute Gasteiger partial charge is 0.360 e. The lowest BCUT2D eigenvalue weighted by molar-refractivity contribution is 0.0593. The third kappa shape index (κ3) is 2.46. The highest BCUT2D eigenvalue weighted by Crippen LogP contribution is 2.34. The zero-order valence-corrected chi connectivity index (χ0v) is 13.5. The number of fused-ring (bicyclic) bond motifs is 1. The fourth-order valence-electron chi connectivity index (χ4n) is 3.86. The van der Waals surface area contributed by atoms with E-state index in [0.29, 0.717) is 5.69 Å². The van der Waals surface area contributed by atoms with Gasteiger partial charge in [-0.3, -0.25) is 9.89 Å². The summed E-state index contributed by atoms with van der Waals surface area (Å²) in [6.45, 7) is 2.80. The van der Waals surface area contributed by atoms with E-state index in [0.717, 1.165) is 74.1 Å². The number of hydrogen-bond acceptors (Lipinski definition) is 4. The Bertz CT molecular complexity index is 718. The number of likely N-dealkylation sites (tertiary alicyclic amines) is 1. The molecule has 1 fully saturated rings. The lowest BCUT2D eigenvalue weighted by atomic mass is 9.94. The van der Waals surface area contributed by atoms with Crippen LogP contribution in [0.1, 0.15) is 71.2 Å². The van der Waals surface area contributed by atoms with Gasteiger partial charge in [0.15, 0.2) is 5.69 Å². The summed E-state index contributed by atoms with van der Waals surface area (Å²) in [4.78, 5) is 15.1. The van der Waals surface area contributed by atoms with E-state index in [1.807, 2.05) is 18.0 Å². The highest BCUT2D eigenvalue weighted by molar-refractivity contribution is 5.94. The van der Waals surface area contributed by atoms with E-state index in [2.05, 4.69) is 15.4 Å². The van der Waals surface area contributed by atoms with Crippen molar-refractivity contribution in [2.45, 2.75) is 57.9 Å². The van der Waals surface area contributed by atoms with E-state index >= 15 is 0 Å². The number of aromatic nitrogens is 3. The first-order valence-corrected chi connectivity index (χ1v) is 8.54. The molecule has 2 aromatic heterocycles. The molecule has 2 aromatic rings. The van der Waals surface area contributed by atoms with Crippen LogP contribution in [0, 0.1) is 6.92 Å². The lowest BCUT2D eigenvalue weighted by Crippen LogP contribution is -2.39. The minimum Gasteiger partial charge on any atom is -0.360 e. The van der Waals surface area contributed by atoms with Gasteiger partial charge in [0.1, 0.15) is 5.76 Å². The van der Waals surface area contributed by atoms with Crippen molar-refractivity contribution in [1.82, 2.24) is 20.3 Å². The number of carbonyl (C=O) groups is 1. The third-order valence-corrected chi connectivity index (χ3v) is 5.12. The molecule has 4 rings (SSSR count). The van der Waals surface area contributed by atoms with Crippen molar-refractivity contribution < 1.29 is 9.32 Å². The van der Waals surface area contributed by atoms with E-state index in [4.69, 9.17) is 4.52 Å². The molecule has 0 aromatic carbocycles. The average molecular weight is 314 g/mol. The zero-order valence-electron chi connectivity index (χ0n) is 13.5. The second kappa shape index (κ2) is 5.83. The zero-order chi connectivity index (χ0) is 15.8. The molecule has 0 saturated carbocycles. The number of H-pyrrole nitrogens is 1. The summed E-state index contributed by atoms with van der Waals surface area (Å²) in [6, 6.07) is 0.0645. The fraction of sp³-hybridized carbons (Fsp3) is 0.588. The first-order chi connectivity index (χ1) is 11.3. The molecule has 1 unspecified atom stereocenters. The molecule has 1 amide bonds. The summed E-state index contributed by atoms with van der Waals surface area (Å²) in [7, 11) is 0. The summed E-state index contributed by atoms with van der Waals surface area (Å²) < 4.78 is 5.43. The maximum atomic E-state index is 13.1. The number of rotatable bonds is 2. The number of aryl methyl sites for hydroxylation is 2. The first kappa shape index (κ1) is 14.5. The van der Waals surface area contributed by atoms with Crippen molar-refractivity contribution in [1.29, 1.82) is 0 Å². The van der Waals surface area contributed by atoms with Gasteiger partial charge in [-0.05, 0) is 51.0 Å². The highest BCUT2D eigenvalue weighted by atomic mass is 16.5. The molecule has 1 saturated heterocycles. The molecule has 0 radical (unpaired) electrons. The Hall–Kier alpha value is -2.11. The molecule has 6 nitrogen and oxygen atoms in total. The minimum atomic E-state index is 0.00981. The number of nitrogens with zero attached hydrogens (tertiary/aromatic N) is 3. The SMILES string of the molecule is Cc1cn[nH]c1C1CCCCN1C(=O)c1noc2c1CCCC2. The van der Waals surface area contributed by atoms with Crippen molar-refractivity contribution in [2.75, 3.05) is 6.54 Å². The predicted molar refractivity (Wildman–Crippen MR) is 84.1 cm³/mol. The second-order valence-corrected chi connectivity index (χ2v) is 6.62. The van der Waals surface area contributed by atoms with Crippen LogP contribution >= 0.6 is 0 Å². The van der Waals surface area contributed by atoms with Gasteiger partial charge in [-0.25, -0.2) is 0 Å². The second-order valence-electron chi connectivity index (χ2n) is 6.62. The minimum absolute atomic E-state index is 0.00981. The van der Waals surface area contributed by atoms with E-state index < -0.39 is 0 Å². The molecule has 2 aliphatic rings. The summed E-state index contributed by atoms with van der Waals surface area (Å²) in [5.74, 6) is 0.918. The smallest absolute Gasteiger partial charge is 0.276 e. The van der Waals surface area contributed by atoms with Crippen LogP contribution in [0.15, 0.2) is 10.7 Å². The molecule has 6 heteroatoms. The van der Waals surface area contributed by atoms with Gasteiger partial charge >= 0.3 is 0 Å². The molecule has 23 heavy (non-hydrogen) atoms. The molecule has 0 bridgehead atoms. The van der Waals surface area contributed by atoms with E-state index in [1.54, 1.807) is 0 Å². The Labute approximate surface area is 135 Å². The van der Waals surface area contributed by atoms with Crippen LogP contribution in [0.25, 0.3) is 0 Å². The number of piperidine rings is 1. The van der Waals surface area contributed by atoms with E-state index in [9.17, 15) is 4.79 Å².